The minimum Gasteiger partial charge on any atom is -0.358 e. The fraction of sp³-hybridized carbons (Fsp3) is 0.190. The Kier molecular flexibility index (Phi) is 4.42. The number of fused-ring (bicyclic) bond motifs is 1. The molecule has 1 heterocycles. The molecule has 0 spiro atoms. The number of para-hydroxylation sites is 1. The van der Waals surface area contributed by atoms with Crippen molar-refractivity contribution in [3.8, 4) is 0 Å². The Bertz CT molecular complexity index is 816. The van der Waals surface area contributed by atoms with Gasteiger partial charge in [-0.2, -0.15) is 0 Å². The number of aromatic amines is 1. The van der Waals surface area contributed by atoms with Crippen LogP contribution in [-0.2, 0) is 4.79 Å². The van der Waals surface area contributed by atoms with Crippen LogP contribution >= 0.6 is 0 Å². The molecule has 0 saturated heterocycles. The third-order valence-corrected chi connectivity index (χ3v) is 4.45. The second-order valence-electron chi connectivity index (χ2n) is 5.92. The summed E-state index contributed by atoms with van der Waals surface area (Å²) in [5.41, 5.74) is 4.62. The number of H-pyrrole nitrogens is 1. The Balaban J connectivity index is 2.23. The van der Waals surface area contributed by atoms with Crippen LogP contribution in [0.2, 0.25) is 0 Å². The second kappa shape index (κ2) is 6.66. The number of aromatic nitrogens is 1. The van der Waals surface area contributed by atoms with Crippen molar-refractivity contribution in [2.75, 3.05) is 0 Å². The van der Waals surface area contributed by atoms with Gasteiger partial charge in [0, 0.05) is 28.4 Å². The predicted octanol–water partition coefficient (Wildman–Crippen LogP) is 5.00. The van der Waals surface area contributed by atoms with E-state index in [9.17, 15) is 4.79 Å². The third kappa shape index (κ3) is 2.85. The molecule has 2 nitrogen and oxygen atoms in total. The molecule has 0 saturated carbocycles. The number of hydrogen-bond acceptors (Lipinski definition) is 1. The third-order valence-electron chi connectivity index (χ3n) is 4.45. The monoisotopic (exact) mass is 303 g/mol. The van der Waals surface area contributed by atoms with E-state index in [-0.39, 0.29) is 11.8 Å². The first-order valence-corrected chi connectivity index (χ1v) is 7.94. The van der Waals surface area contributed by atoms with Crippen molar-refractivity contribution in [3.63, 3.8) is 0 Å². The minimum absolute atomic E-state index is 0.0304. The van der Waals surface area contributed by atoms with E-state index in [1.165, 1.54) is 16.5 Å². The lowest BCUT2D eigenvalue weighted by Gasteiger charge is -2.23. The maximum absolute atomic E-state index is 11.8. The number of aryl methyl sites for hydroxylation is 1. The molecule has 0 radical (unpaired) electrons. The van der Waals surface area contributed by atoms with Crippen LogP contribution in [0.3, 0.4) is 0 Å². The summed E-state index contributed by atoms with van der Waals surface area (Å²) in [6.45, 7) is 5.91. The van der Waals surface area contributed by atoms with Gasteiger partial charge in [0.2, 0.25) is 0 Å². The van der Waals surface area contributed by atoms with Gasteiger partial charge in [-0.05, 0) is 30.5 Å². The Labute approximate surface area is 136 Å². The highest BCUT2D eigenvalue weighted by atomic mass is 16.1. The number of carbonyl (C=O) groups excluding carboxylic acids is 1. The second-order valence-corrected chi connectivity index (χ2v) is 5.92. The van der Waals surface area contributed by atoms with Crippen LogP contribution in [0.4, 0.5) is 0 Å². The van der Waals surface area contributed by atoms with E-state index in [1.54, 1.807) is 0 Å². The molecular formula is C21H21NO. The summed E-state index contributed by atoms with van der Waals surface area (Å²) in [4.78, 5) is 15.3. The van der Waals surface area contributed by atoms with E-state index in [1.807, 2.05) is 36.4 Å². The summed E-state index contributed by atoms with van der Waals surface area (Å²) in [5, 5.41) is 1.19. The molecule has 116 valence electrons. The zero-order valence-corrected chi connectivity index (χ0v) is 13.3. The van der Waals surface area contributed by atoms with Gasteiger partial charge in [0.05, 0.1) is 0 Å². The molecule has 0 aliphatic rings. The lowest BCUT2D eigenvalue weighted by Crippen LogP contribution is -2.16. The molecule has 1 aromatic heterocycles. The van der Waals surface area contributed by atoms with E-state index in [2.05, 4.69) is 42.8 Å². The highest BCUT2D eigenvalue weighted by Gasteiger charge is 2.27. The molecule has 0 aliphatic carbocycles. The van der Waals surface area contributed by atoms with Gasteiger partial charge in [-0.15, -0.1) is 6.58 Å². The zero-order valence-electron chi connectivity index (χ0n) is 13.3. The zero-order chi connectivity index (χ0) is 16.2. The molecule has 2 aromatic carbocycles. The number of aldehydes is 1. The van der Waals surface area contributed by atoms with Crippen molar-refractivity contribution >= 4 is 17.2 Å². The van der Waals surface area contributed by atoms with Gasteiger partial charge in [0.1, 0.15) is 6.29 Å². The molecule has 0 bridgehead atoms. The van der Waals surface area contributed by atoms with E-state index in [0.29, 0.717) is 6.42 Å². The largest absolute Gasteiger partial charge is 0.358 e. The number of allylic oxidation sites excluding steroid dienone is 1. The fourth-order valence-electron chi connectivity index (χ4n) is 3.45. The lowest BCUT2D eigenvalue weighted by molar-refractivity contribution is -0.111. The van der Waals surface area contributed by atoms with Crippen molar-refractivity contribution in [1.82, 2.24) is 4.98 Å². The van der Waals surface area contributed by atoms with E-state index in [0.717, 1.165) is 17.5 Å². The molecule has 3 rings (SSSR count). The van der Waals surface area contributed by atoms with Crippen molar-refractivity contribution in [2.24, 2.45) is 5.92 Å². The Morgan fingerprint density at radius 1 is 1.09 bits per heavy atom. The highest BCUT2D eigenvalue weighted by molar-refractivity contribution is 5.86. The first kappa shape index (κ1) is 15.3. The van der Waals surface area contributed by atoms with E-state index >= 15 is 0 Å². The fourth-order valence-corrected chi connectivity index (χ4v) is 3.45. The van der Waals surface area contributed by atoms with Crippen LogP contribution in [0.5, 0.6) is 0 Å². The molecule has 1 N–H and O–H groups in total. The molecule has 3 aromatic rings. The summed E-state index contributed by atoms with van der Waals surface area (Å²) >= 11 is 0. The molecule has 0 unspecified atom stereocenters. The number of nitrogens with one attached hydrogen (secondary N) is 1. The van der Waals surface area contributed by atoms with Gasteiger partial charge in [-0.3, -0.25) is 0 Å². The van der Waals surface area contributed by atoms with Crippen molar-refractivity contribution in [1.29, 1.82) is 0 Å². The molecule has 0 fully saturated rings. The molecule has 23 heavy (non-hydrogen) atoms. The molecule has 2 heteroatoms. The number of rotatable bonds is 6. The maximum Gasteiger partial charge on any atom is 0.124 e. The van der Waals surface area contributed by atoms with Gasteiger partial charge in [0.15, 0.2) is 0 Å². The Morgan fingerprint density at radius 2 is 1.78 bits per heavy atom. The van der Waals surface area contributed by atoms with Gasteiger partial charge in [0.25, 0.3) is 0 Å². The SMILES string of the molecule is C=CC[C@@H](C=O)[C@@H](c1ccccc1)c1c(C)[nH]c2ccccc12. The Morgan fingerprint density at radius 3 is 2.48 bits per heavy atom. The molecular weight excluding hydrogens is 282 g/mol. The Hall–Kier alpha value is -2.61. The normalized spacial score (nSPS) is 13.6. The lowest BCUT2D eigenvalue weighted by atomic mass is 9.78. The summed E-state index contributed by atoms with van der Waals surface area (Å²) in [6.07, 6.45) is 3.57. The van der Waals surface area contributed by atoms with E-state index in [4.69, 9.17) is 0 Å². The standard InChI is InChI=1S/C21H21NO/c1-3-9-17(14-23)21(16-10-5-4-6-11-16)20-15(2)22-19-13-8-7-12-18(19)20/h3-8,10-14,17,21-22H,1,9H2,2H3/t17-,21+/m0/s1. The highest BCUT2D eigenvalue weighted by Crippen LogP contribution is 2.39. The van der Waals surface area contributed by atoms with Gasteiger partial charge in [-0.1, -0.05) is 54.6 Å². The minimum atomic E-state index is -0.118. The first-order chi connectivity index (χ1) is 11.3. The summed E-state index contributed by atoms with van der Waals surface area (Å²) in [7, 11) is 0. The van der Waals surface area contributed by atoms with Gasteiger partial charge < -0.3 is 9.78 Å². The van der Waals surface area contributed by atoms with Crippen molar-refractivity contribution < 1.29 is 4.79 Å². The molecule has 0 aliphatic heterocycles. The molecule has 2 atom stereocenters. The smallest absolute Gasteiger partial charge is 0.124 e. The summed E-state index contributed by atoms with van der Waals surface area (Å²) in [6, 6.07) is 18.6. The van der Waals surface area contributed by atoms with Crippen LogP contribution in [0.1, 0.15) is 29.2 Å². The van der Waals surface area contributed by atoms with Crippen LogP contribution < -0.4 is 0 Å². The van der Waals surface area contributed by atoms with Gasteiger partial charge in [-0.25, -0.2) is 0 Å². The van der Waals surface area contributed by atoms with Gasteiger partial charge >= 0.3 is 0 Å². The quantitative estimate of drug-likeness (QED) is 0.504. The number of hydrogen-bond donors (Lipinski definition) is 1. The predicted molar refractivity (Wildman–Crippen MR) is 95.7 cm³/mol. The van der Waals surface area contributed by atoms with E-state index < -0.39 is 0 Å². The van der Waals surface area contributed by atoms with Crippen LogP contribution in [0, 0.1) is 12.8 Å². The van der Waals surface area contributed by atoms with Crippen molar-refractivity contribution in [2.45, 2.75) is 19.3 Å². The van der Waals surface area contributed by atoms with Crippen LogP contribution in [-0.4, -0.2) is 11.3 Å². The average Bonchev–Trinajstić information content (AvgIpc) is 2.91. The summed E-state index contributed by atoms with van der Waals surface area (Å²) < 4.78 is 0. The number of benzene rings is 2. The summed E-state index contributed by atoms with van der Waals surface area (Å²) in [5.74, 6) is -0.0874. The van der Waals surface area contributed by atoms with Crippen LogP contribution in [0.15, 0.2) is 67.3 Å². The number of carbonyl (C=O) groups is 1. The first-order valence-electron chi connectivity index (χ1n) is 7.94. The molecule has 0 amide bonds. The maximum atomic E-state index is 11.8. The topological polar surface area (TPSA) is 32.9 Å². The van der Waals surface area contributed by atoms with Crippen LogP contribution in [0.25, 0.3) is 10.9 Å². The van der Waals surface area contributed by atoms with Crippen molar-refractivity contribution in [3.05, 3.63) is 84.1 Å². The average molecular weight is 303 g/mol.